The number of carboxylic acids is 1. The van der Waals surface area contributed by atoms with E-state index in [1.807, 2.05) is 5.43 Å². The number of alkyl halides is 3. The van der Waals surface area contributed by atoms with Gasteiger partial charge in [0.2, 0.25) is 5.54 Å². The molecule has 0 aromatic carbocycles. The lowest BCUT2D eigenvalue weighted by atomic mass is 9.95. The Morgan fingerprint density at radius 2 is 2.27 bits per heavy atom. The van der Waals surface area contributed by atoms with Crippen molar-refractivity contribution in [2.75, 3.05) is 0 Å². The normalized spacial score (nSPS) is 25.7. The first kappa shape index (κ1) is 11.5. The van der Waals surface area contributed by atoms with E-state index in [0.717, 1.165) is 0 Å². The van der Waals surface area contributed by atoms with Crippen molar-refractivity contribution >= 4 is 18.0 Å². The molecule has 5 nitrogen and oxygen atoms in total. The van der Waals surface area contributed by atoms with Crippen molar-refractivity contribution in [3.8, 4) is 0 Å². The number of hydrogen-bond donors (Lipinski definition) is 2. The summed E-state index contributed by atoms with van der Waals surface area (Å²) in [5.41, 5.74) is -0.520. The Hall–Kier alpha value is -1.60. The Labute approximate surface area is 82.0 Å². The molecule has 1 heterocycles. The summed E-state index contributed by atoms with van der Waals surface area (Å²) in [5.74, 6) is -1.54. The maximum absolute atomic E-state index is 11.9. The fourth-order valence-corrected chi connectivity index (χ4v) is 1.16. The van der Waals surface area contributed by atoms with E-state index in [0.29, 0.717) is 0 Å². The third kappa shape index (κ3) is 2.45. The van der Waals surface area contributed by atoms with Crippen LogP contribution < -0.4 is 5.43 Å². The topological polar surface area (TPSA) is 78.8 Å². The highest BCUT2D eigenvalue weighted by Gasteiger charge is 2.45. The molecule has 0 amide bonds. The third-order valence-electron chi connectivity index (χ3n) is 1.88. The van der Waals surface area contributed by atoms with Crippen LogP contribution in [-0.4, -0.2) is 34.8 Å². The molecule has 1 atom stereocenters. The van der Waals surface area contributed by atoms with Gasteiger partial charge in [0.25, 0.3) is 0 Å². The number of carbonyl (C=O) groups excluding carboxylic acids is 1. The summed E-state index contributed by atoms with van der Waals surface area (Å²) in [7, 11) is 0. The van der Waals surface area contributed by atoms with Crippen LogP contribution in [-0.2, 0) is 9.59 Å². The van der Waals surface area contributed by atoms with E-state index in [-0.39, 0.29) is 6.29 Å². The largest absolute Gasteiger partial charge is 0.479 e. The average molecular weight is 224 g/mol. The van der Waals surface area contributed by atoms with E-state index in [1.165, 1.54) is 0 Å². The summed E-state index contributed by atoms with van der Waals surface area (Å²) in [6.07, 6.45) is -6.30. The minimum atomic E-state index is -4.46. The molecule has 0 saturated heterocycles. The lowest BCUT2D eigenvalue weighted by Crippen LogP contribution is -2.48. The molecule has 84 valence electrons. The lowest BCUT2D eigenvalue weighted by molar-refractivity contribution is -0.146. The summed E-state index contributed by atoms with van der Waals surface area (Å²) in [6, 6.07) is 0. The van der Waals surface area contributed by atoms with Crippen LogP contribution in [0.25, 0.3) is 0 Å². The number of nitrogens with zero attached hydrogens (tertiary/aromatic N) is 1. The minimum absolute atomic E-state index is 0.0439. The lowest BCUT2D eigenvalue weighted by Gasteiger charge is -2.15. The van der Waals surface area contributed by atoms with Gasteiger partial charge in [0, 0.05) is 6.42 Å². The molecule has 0 aromatic rings. The van der Waals surface area contributed by atoms with E-state index in [9.17, 15) is 22.8 Å². The van der Waals surface area contributed by atoms with Gasteiger partial charge in [-0.2, -0.15) is 18.3 Å². The maximum Gasteiger partial charge on any atom is 0.394 e. The number of carbonyl (C=O) groups is 2. The van der Waals surface area contributed by atoms with Crippen LogP contribution in [0.15, 0.2) is 5.10 Å². The van der Waals surface area contributed by atoms with Crippen LogP contribution in [0.4, 0.5) is 13.2 Å². The first-order chi connectivity index (χ1) is 6.79. The van der Waals surface area contributed by atoms with Crippen molar-refractivity contribution in [3.05, 3.63) is 0 Å². The minimum Gasteiger partial charge on any atom is -0.479 e. The number of hydrazone groups is 1. The molecule has 0 aliphatic carbocycles. The molecule has 0 bridgehead atoms. The molecule has 1 aliphatic rings. The van der Waals surface area contributed by atoms with E-state index in [2.05, 4.69) is 5.10 Å². The second-order valence-corrected chi connectivity index (χ2v) is 3.15. The summed E-state index contributed by atoms with van der Waals surface area (Å²) in [5, 5.41) is 11.8. The Morgan fingerprint density at radius 1 is 1.67 bits per heavy atom. The van der Waals surface area contributed by atoms with E-state index < -0.39 is 36.2 Å². The van der Waals surface area contributed by atoms with Gasteiger partial charge in [-0.15, -0.1) is 0 Å². The second kappa shape index (κ2) is 3.52. The second-order valence-electron chi connectivity index (χ2n) is 3.15. The molecule has 1 rings (SSSR count). The molecule has 0 spiro atoms. The van der Waals surface area contributed by atoms with Crippen molar-refractivity contribution < 1.29 is 27.9 Å². The van der Waals surface area contributed by atoms with Crippen molar-refractivity contribution in [2.45, 2.75) is 24.6 Å². The van der Waals surface area contributed by atoms with Gasteiger partial charge >= 0.3 is 12.1 Å². The van der Waals surface area contributed by atoms with Gasteiger partial charge in [-0.3, -0.25) is 10.2 Å². The molecule has 0 saturated carbocycles. The smallest absolute Gasteiger partial charge is 0.394 e. The van der Waals surface area contributed by atoms with Gasteiger partial charge in [0.05, 0.1) is 12.1 Å². The van der Waals surface area contributed by atoms with Crippen molar-refractivity contribution in [1.82, 2.24) is 5.43 Å². The van der Waals surface area contributed by atoms with Crippen LogP contribution in [0.2, 0.25) is 0 Å². The van der Waals surface area contributed by atoms with Gasteiger partial charge in [0.15, 0.2) is 6.29 Å². The zero-order valence-electron chi connectivity index (χ0n) is 7.34. The van der Waals surface area contributed by atoms with Crippen LogP contribution in [0.1, 0.15) is 12.8 Å². The highest BCUT2D eigenvalue weighted by molar-refractivity contribution is 6.05. The first-order valence-electron chi connectivity index (χ1n) is 3.88. The zero-order chi connectivity index (χ0) is 11.7. The first-order valence-corrected chi connectivity index (χ1v) is 3.88. The summed E-state index contributed by atoms with van der Waals surface area (Å²) < 4.78 is 35.8. The molecule has 2 N–H and O–H groups in total. The fourth-order valence-electron chi connectivity index (χ4n) is 1.16. The number of aliphatic carboxylic acids is 1. The average Bonchev–Trinajstić information content (AvgIpc) is 2.46. The molecular formula is C7H7F3N2O3. The Kier molecular flexibility index (Phi) is 2.69. The van der Waals surface area contributed by atoms with Crippen LogP contribution >= 0.6 is 0 Å². The molecule has 0 aromatic heterocycles. The number of halogens is 3. The monoisotopic (exact) mass is 224 g/mol. The van der Waals surface area contributed by atoms with Crippen LogP contribution in [0.5, 0.6) is 0 Å². The number of aldehydes is 1. The summed E-state index contributed by atoms with van der Waals surface area (Å²) in [6.45, 7) is 0. The number of hydrogen-bond acceptors (Lipinski definition) is 4. The quantitative estimate of drug-likeness (QED) is 0.534. The van der Waals surface area contributed by atoms with Gasteiger partial charge in [-0.05, 0) is 0 Å². The molecular weight excluding hydrogens is 217 g/mol. The highest BCUT2D eigenvalue weighted by Crippen LogP contribution is 2.26. The summed E-state index contributed by atoms with van der Waals surface area (Å²) in [4.78, 5) is 21.1. The number of nitrogens with one attached hydrogen (secondary N) is 1. The zero-order valence-corrected chi connectivity index (χ0v) is 7.34. The number of carboxylic acid groups (broad SMARTS) is 1. The van der Waals surface area contributed by atoms with E-state index >= 15 is 0 Å². The SMILES string of the molecule is O=CC1(C(=O)O)CC(CC(F)(F)F)=NN1. The third-order valence-corrected chi connectivity index (χ3v) is 1.88. The summed E-state index contributed by atoms with van der Waals surface area (Å²) >= 11 is 0. The maximum atomic E-state index is 11.9. The van der Waals surface area contributed by atoms with Crippen molar-refractivity contribution in [2.24, 2.45) is 5.10 Å². The predicted molar refractivity (Wildman–Crippen MR) is 42.3 cm³/mol. The molecule has 0 radical (unpaired) electrons. The Bertz CT molecular complexity index is 326. The Morgan fingerprint density at radius 3 is 2.60 bits per heavy atom. The van der Waals surface area contributed by atoms with Crippen LogP contribution in [0, 0.1) is 0 Å². The number of rotatable bonds is 3. The van der Waals surface area contributed by atoms with Crippen LogP contribution in [0.3, 0.4) is 0 Å². The van der Waals surface area contributed by atoms with Gasteiger partial charge in [-0.1, -0.05) is 0 Å². The van der Waals surface area contributed by atoms with Gasteiger partial charge in [-0.25, -0.2) is 4.79 Å². The van der Waals surface area contributed by atoms with Gasteiger partial charge in [0.1, 0.15) is 0 Å². The van der Waals surface area contributed by atoms with E-state index in [4.69, 9.17) is 5.11 Å². The molecule has 15 heavy (non-hydrogen) atoms. The molecule has 0 fully saturated rings. The fraction of sp³-hybridized carbons (Fsp3) is 0.571. The van der Waals surface area contributed by atoms with Gasteiger partial charge < -0.3 is 5.11 Å². The van der Waals surface area contributed by atoms with Crippen molar-refractivity contribution in [3.63, 3.8) is 0 Å². The molecule has 1 aliphatic heterocycles. The Balaban J connectivity index is 2.71. The highest BCUT2D eigenvalue weighted by atomic mass is 19.4. The standard InChI is InChI=1S/C7H7F3N2O3/c8-7(9,10)2-4-1-6(3-13,5(14)15)12-11-4/h3,12H,1-2H2,(H,14,15). The molecule has 8 heteroatoms. The molecule has 1 unspecified atom stereocenters. The predicted octanol–water partition coefficient (Wildman–Crippen LogP) is 0.310. The van der Waals surface area contributed by atoms with E-state index in [1.54, 1.807) is 0 Å². The van der Waals surface area contributed by atoms with Crippen molar-refractivity contribution in [1.29, 1.82) is 0 Å².